The lowest BCUT2D eigenvalue weighted by molar-refractivity contribution is 0.336. The summed E-state index contributed by atoms with van der Waals surface area (Å²) in [6.45, 7) is 4.58. The molecule has 4 nitrogen and oxygen atoms in total. The Bertz CT molecular complexity index is 579. The Kier molecular flexibility index (Phi) is 4.91. The van der Waals surface area contributed by atoms with Crippen LogP contribution in [-0.4, -0.2) is 36.1 Å². The minimum Gasteiger partial charge on any atom is -0.396 e. The molecule has 0 radical (unpaired) electrons. The Labute approximate surface area is 132 Å². The van der Waals surface area contributed by atoms with Gasteiger partial charge < -0.3 is 15.5 Å². The second-order valence-electron chi connectivity index (χ2n) is 5.81. The van der Waals surface area contributed by atoms with E-state index in [-0.39, 0.29) is 0 Å². The largest absolute Gasteiger partial charge is 0.396 e. The van der Waals surface area contributed by atoms with Gasteiger partial charge in [-0.3, -0.25) is 0 Å². The first-order valence-electron chi connectivity index (χ1n) is 8.10. The molecule has 1 fully saturated rings. The van der Waals surface area contributed by atoms with Crippen LogP contribution < -0.4 is 10.6 Å². The van der Waals surface area contributed by atoms with Gasteiger partial charge in [0.25, 0.3) is 0 Å². The molecule has 1 aliphatic heterocycles. The van der Waals surface area contributed by atoms with E-state index in [0.717, 1.165) is 36.7 Å². The highest BCUT2D eigenvalue weighted by atomic mass is 15.2. The highest BCUT2D eigenvalue weighted by molar-refractivity contribution is 5.70. The molecule has 1 aliphatic rings. The number of hydrogen-bond donors (Lipinski definition) is 1. The molecule has 1 aromatic carbocycles. The van der Waals surface area contributed by atoms with Gasteiger partial charge in [0.05, 0.1) is 5.69 Å². The highest BCUT2D eigenvalue weighted by Crippen LogP contribution is 2.28. The molecule has 116 valence electrons. The van der Waals surface area contributed by atoms with Crippen molar-refractivity contribution in [3.05, 3.63) is 48.7 Å². The zero-order valence-electron chi connectivity index (χ0n) is 13.0. The van der Waals surface area contributed by atoms with Crippen molar-refractivity contribution in [2.75, 3.05) is 36.8 Å². The standard InChI is InChI=1S/C18H24N4/c19-17-10-6-11-20-18(17)22(16-8-2-1-3-9-16)15-7-14-21-12-4-5-13-21/h1-3,6,8-11H,4-5,7,12-15,19H2. The first-order chi connectivity index (χ1) is 10.8. The van der Waals surface area contributed by atoms with Crippen LogP contribution in [0.4, 0.5) is 17.2 Å². The normalized spacial score (nSPS) is 15.1. The van der Waals surface area contributed by atoms with Crippen molar-refractivity contribution in [1.82, 2.24) is 9.88 Å². The lowest BCUT2D eigenvalue weighted by Gasteiger charge is -2.26. The van der Waals surface area contributed by atoms with Gasteiger partial charge in [-0.15, -0.1) is 0 Å². The van der Waals surface area contributed by atoms with E-state index in [1.54, 1.807) is 0 Å². The number of nitrogens with zero attached hydrogens (tertiary/aromatic N) is 3. The van der Waals surface area contributed by atoms with Gasteiger partial charge in [-0.25, -0.2) is 4.98 Å². The Hall–Kier alpha value is -2.07. The van der Waals surface area contributed by atoms with Gasteiger partial charge in [-0.05, 0) is 63.2 Å². The number of para-hydroxylation sites is 1. The number of hydrogen-bond acceptors (Lipinski definition) is 4. The van der Waals surface area contributed by atoms with Gasteiger partial charge in [-0.1, -0.05) is 18.2 Å². The van der Waals surface area contributed by atoms with Crippen LogP contribution in [0.3, 0.4) is 0 Å². The summed E-state index contributed by atoms with van der Waals surface area (Å²) in [5, 5.41) is 0. The van der Waals surface area contributed by atoms with E-state index in [1.165, 1.54) is 25.9 Å². The van der Waals surface area contributed by atoms with E-state index in [2.05, 4.69) is 39.0 Å². The van der Waals surface area contributed by atoms with Crippen LogP contribution in [0.5, 0.6) is 0 Å². The second-order valence-corrected chi connectivity index (χ2v) is 5.81. The molecule has 2 N–H and O–H groups in total. The van der Waals surface area contributed by atoms with E-state index < -0.39 is 0 Å². The van der Waals surface area contributed by atoms with Crippen LogP contribution in [0, 0.1) is 0 Å². The van der Waals surface area contributed by atoms with E-state index in [4.69, 9.17) is 5.73 Å². The fraction of sp³-hybridized carbons (Fsp3) is 0.389. The number of benzene rings is 1. The molecule has 2 aromatic rings. The third kappa shape index (κ3) is 3.57. The molecule has 0 amide bonds. The van der Waals surface area contributed by atoms with E-state index >= 15 is 0 Å². The number of pyridine rings is 1. The molecule has 2 heterocycles. The number of anilines is 3. The molecule has 0 unspecified atom stereocenters. The first kappa shape index (κ1) is 14.9. The highest BCUT2D eigenvalue weighted by Gasteiger charge is 2.15. The zero-order chi connectivity index (χ0) is 15.2. The molecule has 3 rings (SSSR count). The minimum absolute atomic E-state index is 0.729. The van der Waals surface area contributed by atoms with E-state index in [1.807, 2.05) is 24.4 Å². The van der Waals surface area contributed by atoms with Gasteiger partial charge in [0.2, 0.25) is 0 Å². The minimum atomic E-state index is 0.729. The van der Waals surface area contributed by atoms with Crippen molar-refractivity contribution < 1.29 is 0 Å². The summed E-state index contributed by atoms with van der Waals surface area (Å²) >= 11 is 0. The zero-order valence-corrected chi connectivity index (χ0v) is 13.0. The maximum atomic E-state index is 6.14. The van der Waals surface area contributed by atoms with E-state index in [0.29, 0.717) is 0 Å². The molecule has 0 atom stereocenters. The van der Waals surface area contributed by atoms with Crippen molar-refractivity contribution in [1.29, 1.82) is 0 Å². The smallest absolute Gasteiger partial charge is 0.156 e. The van der Waals surface area contributed by atoms with Gasteiger partial charge in [0, 0.05) is 18.4 Å². The van der Waals surface area contributed by atoms with Crippen molar-refractivity contribution >= 4 is 17.2 Å². The fourth-order valence-corrected chi connectivity index (χ4v) is 3.06. The predicted molar refractivity (Wildman–Crippen MR) is 92.4 cm³/mol. The van der Waals surface area contributed by atoms with Gasteiger partial charge in [0.1, 0.15) is 0 Å². The van der Waals surface area contributed by atoms with Crippen LogP contribution in [0.1, 0.15) is 19.3 Å². The van der Waals surface area contributed by atoms with Gasteiger partial charge >= 0.3 is 0 Å². The molecule has 1 aromatic heterocycles. The lowest BCUT2D eigenvalue weighted by atomic mass is 10.2. The topological polar surface area (TPSA) is 45.4 Å². The summed E-state index contributed by atoms with van der Waals surface area (Å²) in [4.78, 5) is 9.27. The summed E-state index contributed by atoms with van der Waals surface area (Å²) in [6, 6.07) is 14.2. The molecule has 4 heteroatoms. The SMILES string of the molecule is Nc1cccnc1N(CCCN1CCCC1)c1ccccc1. The number of nitrogen functional groups attached to an aromatic ring is 1. The van der Waals surface area contributed by atoms with Crippen LogP contribution in [0.2, 0.25) is 0 Å². The fourth-order valence-electron chi connectivity index (χ4n) is 3.06. The van der Waals surface area contributed by atoms with Crippen molar-refractivity contribution in [2.24, 2.45) is 0 Å². The third-order valence-electron chi connectivity index (χ3n) is 4.20. The molecule has 22 heavy (non-hydrogen) atoms. The second kappa shape index (κ2) is 7.27. The van der Waals surface area contributed by atoms with Crippen molar-refractivity contribution in [2.45, 2.75) is 19.3 Å². The summed E-state index contributed by atoms with van der Waals surface area (Å²) in [5.41, 5.74) is 8.01. The maximum absolute atomic E-state index is 6.14. The molecule has 0 bridgehead atoms. The molecular formula is C18H24N4. The summed E-state index contributed by atoms with van der Waals surface area (Å²) < 4.78 is 0. The first-order valence-corrected chi connectivity index (χ1v) is 8.10. The maximum Gasteiger partial charge on any atom is 0.156 e. The van der Waals surface area contributed by atoms with Crippen LogP contribution in [-0.2, 0) is 0 Å². The average molecular weight is 296 g/mol. The van der Waals surface area contributed by atoms with E-state index in [9.17, 15) is 0 Å². The molecule has 1 saturated heterocycles. The predicted octanol–water partition coefficient (Wildman–Crippen LogP) is 3.29. The van der Waals surface area contributed by atoms with Crippen LogP contribution in [0.25, 0.3) is 0 Å². The average Bonchev–Trinajstić information content (AvgIpc) is 3.07. The number of aromatic nitrogens is 1. The van der Waals surface area contributed by atoms with Crippen LogP contribution in [0.15, 0.2) is 48.7 Å². The summed E-state index contributed by atoms with van der Waals surface area (Å²) in [6.07, 6.45) is 5.61. The number of rotatable bonds is 6. The molecule has 0 spiro atoms. The summed E-state index contributed by atoms with van der Waals surface area (Å²) in [7, 11) is 0. The Morgan fingerprint density at radius 3 is 2.55 bits per heavy atom. The Balaban J connectivity index is 1.73. The van der Waals surface area contributed by atoms with Crippen molar-refractivity contribution in [3.63, 3.8) is 0 Å². The lowest BCUT2D eigenvalue weighted by Crippen LogP contribution is -2.26. The van der Waals surface area contributed by atoms with Gasteiger partial charge in [0.15, 0.2) is 5.82 Å². The van der Waals surface area contributed by atoms with Gasteiger partial charge in [-0.2, -0.15) is 0 Å². The molecular weight excluding hydrogens is 272 g/mol. The monoisotopic (exact) mass is 296 g/mol. The molecule has 0 saturated carbocycles. The number of likely N-dealkylation sites (tertiary alicyclic amines) is 1. The Morgan fingerprint density at radius 2 is 1.82 bits per heavy atom. The van der Waals surface area contributed by atoms with Crippen LogP contribution >= 0.6 is 0 Å². The quantitative estimate of drug-likeness (QED) is 0.888. The number of nitrogens with two attached hydrogens (primary N) is 1. The third-order valence-corrected chi connectivity index (χ3v) is 4.20. The van der Waals surface area contributed by atoms with Crippen molar-refractivity contribution in [3.8, 4) is 0 Å². The molecule has 0 aliphatic carbocycles. The summed E-state index contributed by atoms with van der Waals surface area (Å²) in [5.74, 6) is 0.857. The Morgan fingerprint density at radius 1 is 1.05 bits per heavy atom.